The van der Waals surface area contributed by atoms with E-state index in [1.54, 1.807) is 0 Å². The maximum Gasteiger partial charge on any atom is 0.0521 e. The molecule has 1 aliphatic rings. The minimum atomic E-state index is 0.708. The van der Waals surface area contributed by atoms with Gasteiger partial charge in [-0.3, -0.25) is 4.68 Å². The molecule has 3 heteroatoms. The van der Waals surface area contributed by atoms with E-state index in [1.165, 1.54) is 18.4 Å². The number of nitrogens with one attached hydrogen (secondary N) is 1. The van der Waals surface area contributed by atoms with Crippen LogP contribution < -0.4 is 5.32 Å². The molecular formula is C11H19N3. The number of rotatable bonds is 5. The first-order valence-corrected chi connectivity index (χ1v) is 5.45. The second kappa shape index (κ2) is 4.13. The Morgan fingerprint density at radius 3 is 3.00 bits per heavy atom. The molecule has 3 nitrogen and oxygen atoms in total. The average molecular weight is 193 g/mol. The third-order valence-electron chi connectivity index (χ3n) is 2.67. The Kier molecular flexibility index (Phi) is 2.87. The molecule has 1 aromatic heterocycles. The number of hydrogen-bond acceptors (Lipinski definition) is 2. The molecule has 0 radical (unpaired) electrons. The molecule has 0 aliphatic heterocycles. The van der Waals surface area contributed by atoms with Gasteiger partial charge in [-0.25, -0.2) is 0 Å². The van der Waals surface area contributed by atoms with Crippen LogP contribution in [-0.4, -0.2) is 22.4 Å². The molecule has 0 spiro atoms. The van der Waals surface area contributed by atoms with Crippen molar-refractivity contribution in [1.82, 2.24) is 15.1 Å². The van der Waals surface area contributed by atoms with Gasteiger partial charge >= 0.3 is 0 Å². The summed E-state index contributed by atoms with van der Waals surface area (Å²) in [7, 11) is 1.97. The number of hydrogen-bond donors (Lipinski definition) is 1. The molecule has 0 saturated heterocycles. The van der Waals surface area contributed by atoms with Gasteiger partial charge in [0.25, 0.3) is 0 Å². The van der Waals surface area contributed by atoms with Crippen LogP contribution >= 0.6 is 0 Å². The maximum atomic E-state index is 4.17. The van der Waals surface area contributed by atoms with E-state index in [0.29, 0.717) is 5.92 Å². The van der Waals surface area contributed by atoms with E-state index in [0.717, 1.165) is 19.0 Å². The molecule has 1 saturated carbocycles. The van der Waals surface area contributed by atoms with E-state index < -0.39 is 0 Å². The van der Waals surface area contributed by atoms with Crippen LogP contribution in [0.25, 0.3) is 0 Å². The smallest absolute Gasteiger partial charge is 0.0521 e. The van der Waals surface area contributed by atoms with Crippen LogP contribution in [-0.2, 0) is 13.5 Å². The largest absolute Gasteiger partial charge is 0.314 e. The molecule has 1 atom stereocenters. The summed E-state index contributed by atoms with van der Waals surface area (Å²) in [5.41, 5.74) is 1.34. The molecule has 1 fully saturated rings. The third-order valence-corrected chi connectivity index (χ3v) is 2.67. The Balaban J connectivity index is 1.72. The van der Waals surface area contributed by atoms with Crippen molar-refractivity contribution < 1.29 is 0 Å². The Morgan fingerprint density at radius 2 is 2.43 bits per heavy atom. The molecule has 0 bridgehead atoms. The lowest BCUT2D eigenvalue weighted by Crippen LogP contribution is -2.24. The molecule has 2 rings (SSSR count). The van der Waals surface area contributed by atoms with E-state index in [2.05, 4.69) is 23.5 Å². The lowest BCUT2D eigenvalue weighted by atomic mass is 10.0. The Labute approximate surface area is 85.5 Å². The molecule has 78 valence electrons. The van der Waals surface area contributed by atoms with E-state index in [1.807, 2.05) is 17.9 Å². The normalized spacial score (nSPS) is 18.4. The highest BCUT2D eigenvalue weighted by molar-refractivity contribution is 5.04. The van der Waals surface area contributed by atoms with Gasteiger partial charge in [-0.1, -0.05) is 6.92 Å². The number of aromatic nitrogens is 2. The zero-order valence-corrected chi connectivity index (χ0v) is 9.03. The molecule has 1 unspecified atom stereocenters. The third kappa shape index (κ3) is 2.84. The van der Waals surface area contributed by atoms with Gasteiger partial charge in [-0.05, 0) is 37.3 Å². The fourth-order valence-electron chi connectivity index (χ4n) is 1.71. The van der Waals surface area contributed by atoms with Crippen molar-refractivity contribution in [3.63, 3.8) is 0 Å². The molecular weight excluding hydrogens is 174 g/mol. The molecule has 0 aromatic carbocycles. The minimum absolute atomic E-state index is 0.708. The Morgan fingerprint density at radius 1 is 1.64 bits per heavy atom. The highest BCUT2D eigenvalue weighted by Crippen LogP contribution is 2.19. The van der Waals surface area contributed by atoms with Gasteiger partial charge in [0.05, 0.1) is 6.20 Å². The van der Waals surface area contributed by atoms with Crippen LogP contribution in [0.4, 0.5) is 0 Å². The van der Waals surface area contributed by atoms with Crippen LogP contribution in [0.3, 0.4) is 0 Å². The summed E-state index contributed by atoms with van der Waals surface area (Å²) < 4.78 is 1.87. The SMILES string of the molecule is CC(CNC1CC1)Cc1cnn(C)c1. The molecule has 1 heterocycles. The first kappa shape index (κ1) is 9.71. The van der Waals surface area contributed by atoms with Crippen molar-refractivity contribution in [3.8, 4) is 0 Å². The van der Waals surface area contributed by atoms with Crippen molar-refractivity contribution in [2.75, 3.05) is 6.54 Å². The van der Waals surface area contributed by atoms with Gasteiger partial charge in [0.2, 0.25) is 0 Å². The van der Waals surface area contributed by atoms with E-state index in [9.17, 15) is 0 Å². The Bertz CT molecular complexity index is 288. The zero-order valence-electron chi connectivity index (χ0n) is 9.03. The van der Waals surface area contributed by atoms with Crippen molar-refractivity contribution in [2.24, 2.45) is 13.0 Å². The molecule has 14 heavy (non-hydrogen) atoms. The van der Waals surface area contributed by atoms with Crippen molar-refractivity contribution in [3.05, 3.63) is 18.0 Å². The molecule has 0 amide bonds. The van der Waals surface area contributed by atoms with Crippen molar-refractivity contribution >= 4 is 0 Å². The van der Waals surface area contributed by atoms with Crippen molar-refractivity contribution in [1.29, 1.82) is 0 Å². The van der Waals surface area contributed by atoms with Gasteiger partial charge in [-0.15, -0.1) is 0 Å². The average Bonchev–Trinajstić information content (AvgIpc) is 2.88. The van der Waals surface area contributed by atoms with Gasteiger partial charge in [0, 0.05) is 19.3 Å². The summed E-state index contributed by atoms with van der Waals surface area (Å²) in [6, 6.07) is 0.825. The van der Waals surface area contributed by atoms with Gasteiger partial charge < -0.3 is 5.32 Å². The van der Waals surface area contributed by atoms with Crippen LogP contribution in [0, 0.1) is 5.92 Å². The Hall–Kier alpha value is -0.830. The van der Waals surface area contributed by atoms with Crippen LogP contribution in [0.2, 0.25) is 0 Å². The number of aryl methyl sites for hydroxylation is 1. The highest BCUT2D eigenvalue weighted by atomic mass is 15.2. The quantitative estimate of drug-likeness (QED) is 0.765. The lowest BCUT2D eigenvalue weighted by molar-refractivity contribution is 0.509. The van der Waals surface area contributed by atoms with Crippen LogP contribution in [0.5, 0.6) is 0 Å². The monoisotopic (exact) mass is 193 g/mol. The predicted octanol–water partition coefficient (Wildman–Crippen LogP) is 1.35. The zero-order chi connectivity index (χ0) is 9.97. The van der Waals surface area contributed by atoms with Crippen LogP contribution in [0.1, 0.15) is 25.3 Å². The second-order valence-corrected chi connectivity index (χ2v) is 4.51. The second-order valence-electron chi connectivity index (χ2n) is 4.51. The fraction of sp³-hybridized carbons (Fsp3) is 0.727. The molecule has 1 N–H and O–H groups in total. The summed E-state index contributed by atoms with van der Waals surface area (Å²) >= 11 is 0. The van der Waals surface area contributed by atoms with E-state index in [4.69, 9.17) is 0 Å². The van der Waals surface area contributed by atoms with Gasteiger partial charge in [-0.2, -0.15) is 5.10 Å². The first-order valence-electron chi connectivity index (χ1n) is 5.45. The standard InChI is InChI=1S/C11H19N3/c1-9(6-12-11-3-4-11)5-10-7-13-14(2)8-10/h7-9,11-12H,3-6H2,1-2H3. The highest BCUT2D eigenvalue weighted by Gasteiger charge is 2.20. The summed E-state index contributed by atoms with van der Waals surface area (Å²) in [6.07, 6.45) is 7.95. The van der Waals surface area contributed by atoms with Gasteiger partial charge in [0.15, 0.2) is 0 Å². The number of nitrogens with zero attached hydrogens (tertiary/aromatic N) is 2. The topological polar surface area (TPSA) is 29.9 Å². The van der Waals surface area contributed by atoms with Crippen LogP contribution in [0.15, 0.2) is 12.4 Å². The predicted molar refractivity (Wildman–Crippen MR) is 57.1 cm³/mol. The summed E-state index contributed by atoms with van der Waals surface area (Å²) in [5, 5.41) is 7.73. The van der Waals surface area contributed by atoms with Gasteiger partial charge in [0.1, 0.15) is 0 Å². The summed E-state index contributed by atoms with van der Waals surface area (Å²) in [5.74, 6) is 0.708. The minimum Gasteiger partial charge on any atom is -0.314 e. The molecule has 1 aromatic rings. The van der Waals surface area contributed by atoms with Crippen molar-refractivity contribution in [2.45, 2.75) is 32.2 Å². The summed E-state index contributed by atoms with van der Waals surface area (Å²) in [6.45, 7) is 3.43. The van der Waals surface area contributed by atoms with E-state index in [-0.39, 0.29) is 0 Å². The van der Waals surface area contributed by atoms with E-state index >= 15 is 0 Å². The summed E-state index contributed by atoms with van der Waals surface area (Å²) in [4.78, 5) is 0. The molecule has 1 aliphatic carbocycles. The lowest BCUT2D eigenvalue weighted by Gasteiger charge is -2.10. The maximum absolute atomic E-state index is 4.17. The fourth-order valence-corrected chi connectivity index (χ4v) is 1.71. The first-order chi connectivity index (χ1) is 6.74.